The van der Waals surface area contributed by atoms with Crippen LogP contribution in [-0.2, 0) is 12.5 Å². The number of hydrogen-bond acceptors (Lipinski definition) is 4. The van der Waals surface area contributed by atoms with Crippen LogP contribution < -0.4 is 11.7 Å². The normalized spacial score (nSPS) is 2.00. The van der Waals surface area contributed by atoms with E-state index in [4.69, 9.17) is 4.21 Å². The fraction of sp³-hybridized carbons (Fsp3) is 1.00. The van der Waals surface area contributed by atoms with E-state index in [1.807, 2.05) is 0 Å². The van der Waals surface area contributed by atoms with Crippen molar-refractivity contribution >= 4 is 12.5 Å². The zero-order valence-corrected chi connectivity index (χ0v) is 2.79. The molecule has 0 unspecified atom stereocenters. The predicted octanol–water partition coefficient (Wildman–Crippen LogP) is -0.881. The number of hydrogen-bond donors (Lipinski definition) is 2. The van der Waals surface area contributed by atoms with Crippen molar-refractivity contribution in [2.45, 2.75) is 7.43 Å². The van der Waals surface area contributed by atoms with Crippen LogP contribution in [0.15, 0.2) is 0 Å². The van der Waals surface area contributed by atoms with E-state index in [1.165, 1.54) is 0 Å². The van der Waals surface area contributed by atoms with Crippen LogP contribution in [0.5, 0.6) is 0 Å². The Morgan fingerprint density at radius 3 is 1.20 bits per heavy atom. The highest BCUT2D eigenvalue weighted by atomic mass is 32.1. The Balaban J connectivity index is -0.0000000133. The van der Waals surface area contributed by atoms with Crippen LogP contribution in [0.2, 0.25) is 0 Å². The highest BCUT2D eigenvalue weighted by Crippen LogP contribution is 0.558. The van der Waals surface area contributed by atoms with E-state index in [2.05, 4.69) is 24.2 Å². The Hall–Kier alpha value is -0.0600. The summed E-state index contributed by atoms with van der Waals surface area (Å²) in [6.07, 6.45) is 0. The fourth-order valence-electron chi connectivity index (χ4n) is 0. The van der Waals surface area contributed by atoms with Crippen molar-refractivity contribution in [1.82, 2.24) is 0 Å². The molecule has 0 spiro atoms. The predicted molar refractivity (Wildman–Crippen MR) is 23.2 cm³/mol. The van der Waals surface area contributed by atoms with E-state index in [1.54, 1.807) is 0 Å². The minimum Gasteiger partial charge on any atom is -0.274 e. The van der Waals surface area contributed by atoms with Crippen LogP contribution in [0.4, 0.5) is 0 Å². The van der Waals surface area contributed by atoms with E-state index in [9.17, 15) is 0 Å². The van der Waals surface area contributed by atoms with Crippen LogP contribution >= 0.6 is 0 Å². The van der Waals surface area contributed by atoms with E-state index < -0.39 is 0 Å². The number of nitrogens with two attached hydrogens (primary N) is 2. The molecule has 3 nitrogen and oxygen atoms in total. The second kappa shape index (κ2) is 9460. The third-order valence-electron chi connectivity index (χ3n) is 0. The van der Waals surface area contributed by atoms with Gasteiger partial charge in [-0.15, -0.1) is 0 Å². The average Bonchev–Trinajstić information content (AvgIpc) is 1.50. The number of hydrazine groups is 1. The Morgan fingerprint density at radius 1 is 1.20 bits per heavy atom. The van der Waals surface area contributed by atoms with Crippen molar-refractivity contribution in [2.24, 2.45) is 11.7 Å². The summed E-state index contributed by atoms with van der Waals surface area (Å²) in [7, 11) is 0. The lowest BCUT2D eigenvalue weighted by Gasteiger charge is -1.27. The van der Waals surface area contributed by atoms with Crippen molar-refractivity contribution in [3.8, 4) is 0 Å². The Labute approximate surface area is 36.8 Å². The molecule has 0 atom stereocenters. The quantitative estimate of drug-likeness (QED) is 0.303. The van der Waals surface area contributed by atoms with Gasteiger partial charge in [-0.3, -0.25) is 11.7 Å². The van der Waals surface area contributed by atoms with Crippen molar-refractivity contribution in [1.29, 1.82) is 0 Å². The molecule has 0 aliphatic rings. The Bertz CT molecular complexity index is 9.61. The molecule has 4 N–H and O–H groups in total. The van der Waals surface area contributed by atoms with Crippen molar-refractivity contribution in [3.05, 3.63) is 0 Å². The molecule has 0 rings (SSSR count). The molecular weight excluding hydrogens is 88.1 g/mol. The SMILES string of the molecule is C.NN.O=S. The molecule has 5 heavy (non-hydrogen) atoms. The van der Waals surface area contributed by atoms with Gasteiger partial charge in [0.1, 0.15) is 0 Å². The molecule has 0 saturated carbocycles. The minimum atomic E-state index is 0. The molecule has 0 saturated heterocycles. The monoisotopic (exact) mass is 96.0 g/mol. The lowest BCUT2D eigenvalue weighted by Crippen LogP contribution is -2.02. The lowest BCUT2D eigenvalue weighted by atomic mass is 12.0. The van der Waals surface area contributed by atoms with Crippen LogP contribution in [0.1, 0.15) is 7.43 Å². The lowest BCUT2D eigenvalue weighted by molar-refractivity contribution is 0.702. The molecule has 0 bridgehead atoms. The number of rotatable bonds is 0. The minimum absolute atomic E-state index is 0. The molecular formula is CH8N2OS. The highest BCUT2D eigenvalue weighted by molar-refractivity contribution is 7.44. The average molecular weight is 96.2 g/mol. The third-order valence-corrected chi connectivity index (χ3v) is 0. The van der Waals surface area contributed by atoms with Gasteiger partial charge in [-0.25, -0.2) is 0 Å². The standard InChI is InChI=1S/CH4.H4N2.OS/c;2*1-2/h1H4;1-2H2;. The molecule has 0 aromatic rings. The van der Waals surface area contributed by atoms with E-state index in [-0.39, 0.29) is 7.43 Å². The maximum absolute atomic E-state index is 7.83. The van der Waals surface area contributed by atoms with Gasteiger partial charge in [0.25, 0.3) is 0 Å². The topological polar surface area (TPSA) is 69.1 Å². The van der Waals surface area contributed by atoms with Gasteiger partial charge in [0, 0.05) is 0 Å². The van der Waals surface area contributed by atoms with Crippen LogP contribution in [0.25, 0.3) is 0 Å². The highest BCUT2D eigenvalue weighted by Gasteiger charge is 0.735. The summed E-state index contributed by atoms with van der Waals surface area (Å²) < 4.78 is 7.83. The molecule has 34 valence electrons. The first-order valence-corrected chi connectivity index (χ1v) is 0.833. The van der Waals surface area contributed by atoms with Crippen LogP contribution in [-0.4, -0.2) is 4.21 Å². The smallest absolute Gasteiger partial charge is 0.197 e. The first kappa shape index (κ1) is 20.4. The summed E-state index contributed by atoms with van der Waals surface area (Å²) in [6, 6.07) is 0. The maximum atomic E-state index is 7.83. The molecule has 0 aromatic carbocycles. The zero-order chi connectivity index (χ0) is 4.00. The summed E-state index contributed by atoms with van der Waals surface area (Å²) in [6.45, 7) is 0. The van der Waals surface area contributed by atoms with Gasteiger partial charge in [0.05, 0.1) is 0 Å². The van der Waals surface area contributed by atoms with Gasteiger partial charge < -0.3 is 0 Å². The van der Waals surface area contributed by atoms with Crippen molar-refractivity contribution < 1.29 is 4.21 Å². The summed E-state index contributed by atoms with van der Waals surface area (Å²) in [5.74, 6) is 8.00. The summed E-state index contributed by atoms with van der Waals surface area (Å²) in [5.41, 5.74) is 0. The summed E-state index contributed by atoms with van der Waals surface area (Å²) >= 11 is 2.83. The van der Waals surface area contributed by atoms with Crippen molar-refractivity contribution in [3.63, 3.8) is 0 Å². The first-order valence-electron chi connectivity index (χ1n) is 0.500. The molecule has 0 amide bonds. The molecule has 0 aliphatic carbocycles. The molecule has 0 aliphatic heterocycles. The molecule has 0 radical (unpaired) electrons. The summed E-state index contributed by atoms with van der Waals surface area (Å²) in [5, 5.41) is 0. The molecule has 4 heteroatoms. The summed E-state index contributed by atoms with van der Waals surface area (Å²) in [4.78, 5) is 0. The van der Waals surface area contributed by atoms with Crippen molar-refractivity contribution in [2.75, 3.05) is 0 Å². The second-order valence-electron chi connectivity index (χ2n) is 0. The molecule has 0 aromatic heterocycles. The van der Waals surface area contributed by atoms with Gasteiger partial charge in [0.15, 0.2) is 12.5 Å². The van der Waals surface area contributed by atoms with E-state index in [0.717, 1.165) is 0 Å². The van der Waals surface area contributed by atoms with Gasteiger partial charge in [0.2, 0.25) is 0 Å². The largest absolute Gasteiger partial charge is 0.274 e. The van der Waals surface area contributed by atoms with E-state index >= 15 is 0 Å². The van der Waals surface area contributed by atoms with Gasteiger partial charge >= 0.3 is 0 Å². The zero-order valence-electron chi connectivity index (χ0n) is 1.97. The van der Waals surface area contributed by atoms with E-state index in [0.29, 0.717) is 0 Å². The fourth-order valence-corrected chi connectivity index (χ4v) is 0. The maximum Gasteiger partial charge on any atom is 0.197 e. The molecule has 0 heterocycles. The first-order chi connectivity index (χ1) is 2.00. The second-order valence-corrected chi connectivity index (χ2v) is 0. The van der Waals surface area contributed by atoms with Gasteiger partial charge in [-0.05, 0) is 0 Å². The van der Waals surface area contributed by atoms with Gasteiger partial charge in [-0.1, -0.05) is 7.43 Å². The van der Waals surface area contributed by atoms with Crippen LogP contribution in [0, 0.1) is 0 Å². The Morgan fingerprint density at radius 2 is 1.20 bits per heavy atom. The van der Waals surface area contributed by atoms with Crippen LogP contribution in [0.3, 0.4) is 0 Å². The molecule has 0 fully saturated rings. The van der Waals surface area contributed by atoms with Gasteiger partial charge in [-0.2, -0.15) is 4.21 Å². The third kappa shape index (κ3) is 4120. The Kier molecular flexibility index (Phi) is 38600.